The van der Waals surface area contributed by atoms with Crippen LogP contribution in [-0.2, 0) is 0 Å². The smallest absolute Gasteiger partial charge is 0.126 e. The molecule has 1 aliphatic heterocycles. The third kappa shape index (κ3) is 3.37. The lowest BCUT2D eigenvalue weighted by Crippen LogP contribution is -2.05. The Kier molecular flexibility index (Phi) is 5.00. The molecule has 5 heteroatoms. The van der Waals surface area contributed by atoms with Gasteiger partial charge in [-0.15, -0.1) is 23.1 Å². The molecular formula is C21H19NO2S2. The van der Waals surface area contributed by atoms with E-state index in [2.05, 4.69) is 41.8 Å². The first-order valence-corrected chi connectivity index (χ1v) is 10.1. The molecule has 2 heterocycles. The molecule has 0 aliphatic carbocycles. The van der Waals surface area contributed by atoms with Crippen LogP contribution in [0.3, 0.4) is 0 Å². The summed E-state index contributed by atoms with van der Waals surface area (Å²) in [5.41, 5.74) is 3.33. The summed E-state index contributed by atoms with van der Waals surface area (Å²) < 4.78 is 11.0. The molecule has 3 aromatic rings. The van der Waals surface area contributed by atoms with Crippen molar-refractivity contribution < 1.29 is 9.47 Å². The van der Waals surface area contributed by atoms with Crippen LogP contribution in [0, 0.1) is 0 Å². The minimum Gasteiger partial charge on any atom is -0.497 e. The Morgan fingerprint density at radius 1 is 1.00 bits per heavy atom. The van der Waals surface area contributed by atoms with E-state index >= 15 is 0 Å². The van der Waals surface area contributed by atoms with Gasteiger partial charge in [0.25, 0.3) is 0 Å². The molecule has 1 atom stereocenters. The Balaban J connectivity index is 1.80. The Morgan fingerprint density at radius 2 is 1.88 bits per heavy atom. The van der Waals surface area contributed by atoms with E-state index in [1.54, 1.807) is 25.6 Å². The summed E-state index contributed by atoms with van der Waals surface area (Å²) in [5, 5.41) is 2.32. The van der Waals surface area contributed by atoms with Crippen molar-refractivity contribution in [1.82, 2.24) is 0 Å². The average Bonchev–Trinajstić information content (AvgIpc) is 3.15. The molecule has 0 amide bonds. The molecule has 0 bridgehead atoms. The van der Waals surface area contributed by atoms with Gasteiger partial charge in [-0.05, 0) is 29.6 Å². The van der Waals surface area contributed by atoms with Crippen LogP contribution in [0.4, 0.5) is 5.69 Å². The van der Waals surface area contributed by atoms with Gasteiger partial charge in [-0.3, -0.25) is 4.99 Å². The highest BCUT2D eigenvalue weighted by molar-refractivity contribution is 7.99. The van der Waals surface area contributed by atoms with E-state index in [0.29, 0.717) is 0 Å². The largest absolute Gasteiger partial charge is 0.497 e. The van der Waals surface area contributed by atoms with E-state index in [0.717, 1.165) is 29.3 Å². The highest BCUT2D eigenvalue weighted by Gasteiger charge is 2.25. The van der Waals surface area contributed by atoms with E-state index < -0.39 is 0 Å². The van der Waals surface area contributed by atoms with Crippen LogP contribution in [-0.4, -0.2) is 19.9 Å². The van der Waals surface area contributed by atoms with E-state index in [4.69, 9.17) is 14.5 Å². The minimum atomic E-state index is 0.223. The zero-order chi connectivity index (χ0) is 17.9. The molecule has 132 valence electrons. The lowest BCUT2D eigenvalue weighted by atomic mass is 10.0. The highest BCUT2D eigenvalue weighted by atomic mass is 32.2. The van der Waals surface area contributed by atoms with Gasteiger partial charge in [-0.25, -0.2) is 0 Å². The van der Waals surface area contributed by atoms with Crippen LogP contribution >= 0.6 is 23.1 Å². The van der Waals surface area contributed by atoms with Gasteiger partial charge < -0.3 is 9.47 Å². The summed E-state index contributed by atoms with van der Waals surface area (Å²) in [4.78, 5) is 7.41. The normalized spacial score (nSPS) is 16.4. The number of hydrogen-bond acceptors (Lipinski definition) is 5. The summed E-state index contributed by atoms with van der Waals surface area (Å²) in [6.07, 6.45) is 0.850. The van der Waals surface area contributed by atoms with Crippen LogP contribution in [0.1, 0.15) is 22.1 Å². The van der Waals surface area contributed by atoms with Crippen molar-refractivity contribution in [2.75, 3.05) is 14.2 Å². The SMILES string of the molecule is COc1ccc([C@@H]2CC(c3cccs3)=Nc3ccccc3S2)c(OC)c1. The number of rotatable bonds is 4. The molecule has 0 saturated carbocycles. The Labute approximate surface area is 161 Å². The number of methoxy groups -OCH3 is 2. The highest BCUT2D eigenvalue weighted by Crippen LogP contribution is 2.48. The molecule has 0 radical (unpaired) electrons. The second-order valence-electron chi connectivity index (χ2n) is 5.92. The monoisotopic (exact) mass is 381 g/mol. The standard InChI is InChI=1S/C21H19NO2S2/c1-23-14-9-10-15(18(12-14)24-2)21-13-17(19-8-5-11-25-19)22-16-6-3-4-7-20(16)26-21/h3-12,21H,13H2,1-2H3/t21-/m0/s1. The van der Waals surface area contributed by atoms with Gasteiger partial charge in [0.2, 0.25) is 0 Å². The second-order valence-corrected chi connectivity index (χ2v) is 8.11. The maximum atomic E-state index is 5.67. The maximum absolute atomic E-state index is 5.67. The lowest BCUT2D eigenvalue weighted by Gasteiger charge is -2.19. The Morgan fingerprint density at radius 3 is 2.65 bits per heavy atom. The summed E-state index contributed by atoms with van der Waals surface area (Å²) in [5.74, 6) is 1.66. The number of ether oxygens (including phenoxy) is 2. The summed E-state index contributed by atoms with van der Waals surface area (Å²) in [6, 6.07) is 18.6. The fraction of sp³-hybridized carbons (Fsp3) is 0.190. The number of hydrogen-bond donors (Lipinski definition) is 0. The van der Waals surface area contributed by atoms with Crippen LogP contribution in [0.5, 0.6) is 11.5 Å². The molecule has 2 aromatic carbocycles. The molecule has 0 N–H and O–H groups in total. The predicted octanol–water partition coefficient (Wildman–Crippen LogP) is 6.12. The number of benzene rings is 2. The van der Waals surface area contributed by atoms with Crippen molar-refractivity contribution in [3.05, 3.63) is 70.4 Å². The van der Waals surface area contributed by atoms with Crippen LogP contribution < -0.4 is 9.47 Å². The van der Waals surface area contributed by atoms with Gasteiger partial charge in [0.15, 0.2) is 0 Å². The van der Waals surface area contributed by atoms with Crippen LogP contribution in [0.15, 0.2) is 69.9 Å². The molecule has 0 saturated heterocycles. The average molecular weight is 382 g/mol. The van der Waals surface area contributed by atoms with Crippen LogP contribution in [0.25, 0.3) is 0 Å². The van der Waals surface area contributed by atoms with Gasteiger partial charge in [0.1, 0.15) is 11.5 Å². The molecule has 1 aromatic heterocycles. The van der Waals surface area contributed by atoms with Gasteiger partial charge in [-0.1, -0.05) is 24.3 Å². The van der Waals surface area contributed by atoms with Crippen molar-refractivity contribution in [2.24, 2.45) is 4.99 Å². The third-order valence-electron chi connectivity index (χ3n) is 4.36. The molecule has 3 nitrogen and oxygen atoms in total. The predicted molar refractivity (Wildman–Crippen MR) is 110 cm³/mol. The first-order chi connectivity index (χ1) is 12.8. The minimum absolute atomic E-state index is 0.223. The van der Waals surface area contributed by atoms with Gasteiger partial charge >= 0.3 is 0 Å². The Bertz CT molecular complexity index is 935. The van der Waals surface area contributed by atoms with Crippen molar-refractivity contribution in [2.45, 2.75) is 16.6 Å². The molecule has 0 unspecified atom stereocenters. The number of para-hydroxylation sites is 1. The van der Waals surface area contributed by atoms with Crippen molar-refractivity contribution in [1.29, 1.82) is 0 Å². The van der Waals surface area contributed by atoms with Crippen molar-refractivity contribution in [3.63, 3.8) is 0 Å². The molecule has 1 aliphatic rings. The molecular weight excluding hydrogens is 362 g/mol. The summed E-state index contributed by atoms with van der Waals surface area (Å²) >= 11 is 3.58. The van der Waals surface area contributed by atoms with E-state index in [9.17, 15) is 0 Å². The number of nitrogens with zero attached hydrogens (tertiary/aromatic N) is 1. The van der Waals surface area contributed by atoms with E-state index in [1.165, 1.54) is 15.3 Å². The summed E-state index contributed by atoms with van der Waals surface area (Å²) in [7, 11) is 3.38. The zero-order valence-corrected chi connectivity index (χ0v) is 16.3. The van der Waals surface area contributed by atoms with Gasteiger partial charge in [0.05, 0.1) is 25.6 Å². The van der Waals surface area contributed by atoms with E-state index in [-0.39, 0.29) is 5.25 Å². The second kappa shape index (κ2) is 7.56. The molecule has 26 heavy (non-hydrogen) atoms. The number of thioether (sulfide) groups is 1. The number of aliphatic imine (C=N–C) groups is 1. The fourth-order valence-corrected chi connectivity index (χ4v) is 5.05. The van der Waals surface area contributed by atoms with Crippen molar-refractivity contribution in [3.8, 4) is 11.5 Å². The van der Waals surface area contributed by atoms with Gasteiger partial charge in [0, 0.05) is 33.1 Å². The lowest BCUT2D eigenvalue weighted by molar-refractivity contribution is 0.391. The first-order valence-electron chi connectivity index (χ1n) is 8.37. The third-order valence-corrected chi connectivity index (χ3v) is 6.58. The zero-order valence-electron chi connectivity index (χ0n) is 14.6. The number of fused-ring (bicyclic) bond motifs is 1. The molecule has 0 spiro atoms. The number of thiophene rings is 1. The quantitative estimate of drug-likeness (QED) is 0.545. The maximum Gasteiger partial charge on any atom is 0.126 e. The molecule has 4 rings (SSSR count). The van der Waals surface area contributed by atoms with E-state index in [1.807, 2.05) is 30.0 Å². The van der Waals surface area contributed by atoms with Gasteiger partial charge in [-0.2, -0.15) is 0 Å². The first kappa shape index (κ1) is 17.2. The topological polar surface area (TPSA) is 30.8 Å². The molecule has 0 fully saturated rings. The van der Waals surface area contributed by atoms with Crippen LogP contribution in [0.2, 0.25) is 0 Å². The Hall–Kier alpha value is -2.24. The fourth-order valence-electron chi connectivity index (χ4n) is 3.07. The van der Waals surface area contributed by atoms with Crippen molar-refractivity contribution >= 4 is 34.5 Å². The summed E-state index contributed by atoms with van der Waals surface area (Å²) in [6.45, 7) is 0.